The van der Waals surface area contributed by atoms with Crippen molar-refractivity contribution >= 4 is 28.9 Å². The van der Waals surface area contributed by atoms with E-state index in [4.69, 9.17) is 38.2 Å². The molecule has 0 unspecified atom stereocenters. The number of rotatable bonds is 5. The topological polar surface area (TPSA) is 74.2 Å². The maximum absolute atomic E-state index is 6.35. The van der Waals surface area contributed by atoms with Crippen molar-refractivity contribution in [1.82, 2.24) is 10.1 Å². The minimum atomic E-state index is 0.122. The molecular weight excluding hydrogens is 373 g/mol. The molecule has 2 heterocycles. The normalized spacial score (nSPS) is 11.2. The second-order valence-corrected chi connectivity index (χ2v) is 7.11. The third kappa shape index (κ3) is 3.64. The van der Waals surface area contributed by atoms with Gasteiger partial charge < -0.3 is 15.0 Å². The first-order valence-corrected chi connectivity index (χ1v) is 8.91. The summed E-state index contributed by atoms with van der Waals surface area (Å²) in [6.45, 7) is 6.17. The summed E-state index contributed by atoms with van der Waals surface area (Å²) in [6.07, 6.45) is 1.58. The second-order valence-electron chi connectivity index (χ2n) is 6.29. The van der Waals surface area contributed by atoms with Crippen LogP contribution in [0.25, 0.3) is 11.3 Å². The number of aromatic nitrogens is 2. The van der Waals surface area contributed by atoms with Crippen molar-refractivity contribution in [2.45, 2.75) is 33.3 Å². The van der Waals surface area contributed by atoms with E-state index in [1.165, 1.54) is 0 Å². The van der Waals surface area contributed by atoms with Crippen molar-refractivity contribution in [1.29, 1.82) is 0 Å². The van der Waals surface area contributed by atoms with Crippen molar-refractivity contribution in [3.8, 4) is 17.1 Å². The third-order valence-corrected chi connectivity index (χ3v) is 4.66. The van der Waals surface area contributed by atoms with Gasteiger partial charge in [0.1, 0.15) is 18.1 Å². The summed E-state index contributed by atoms with van der Waals surface area (Å²) in [4.78, 5) is 4.20. The fraction of sp³-hybridized carbons (Fsp3) is 0.263. The molecule has 0 saturated heterocycles. The summed E-state index contributed by atoms with van der Waals surface area (Å²) in [5.74, 6) is 1.32. The Morgan fingerprint density at radius 3 is 2.54 bits per heavy atom. The highest BCUT2D eigenvalue weighted by Gasteiger charge is 2.23. The molecule has 0 spiro atoms. The second kappa shape index (κ2) is 7.56. The molecule has 26 heavy (non-hydrogen) atoms. The molecule has 136 valence electrons. The van der Waals surface area contributed by atoms with Crippen molar-refractivity contribution < 1.29 is 9.26 Å². The van der Waals surface area contributed by atoms with E-state index < -0.39 is 0 Å². The molecule has 0 atom stereocenters. The van der Waals surface area contributed by atoms with Gasteiger partial charge in [0.05, 0.1) is 27.5 Å². The van der Waals surface area contributed by atoms with Crippen LogP contribution in [0.15, 0.2) is 35.0 Å². The van der Waals surface area contributed by atoms with Crippen LogP contribution in [0.3, 0.4) is 0 Å². The van der Waals surface area contributed by atoms with Crippen LogP contribution >= 0.6 is 23.2 Å². The van der Waals surface area contributed by atoms with Crippen LogP contribution in [0.2, 0.25) is 10.0 Å². The number of nitrogens with two attached hydrogens (primary N) is 1. The van der Waals surface area contributed by atoms with Gasteiger partial charge in [-0.05, 0) is 24.6 Å². The minimum absolute atomic E-state index is 0.122. The third-order valence-electron chi connectivity index (χ3n) is 4.03. The Balaban J connectivity index is 1.99. The monoisotopic (exact) mass is 391 g/mol. The van der Waals surface area contributed by atoms with Crippen LogP contribution in [0.1, 0.15) is 36.7 Å². The molecule has 0 aliphatic heterocycles. The zero-order chi connectivity index (χ0) is 18.8. The first-order valence-electron chi connectivity index (χ1n) is 8.16. The maximum atomic E-state index is 6.35. The zero-order valence-electron chi connectivity index (χ0n) is 14.7. The Labute approximate surface area is 162 Å². The molecule has 0 fully saturated rings. The summed E-state index contributed by atoms with van der Waals surface area (Å²) in [5.41, 5.74) is 9.33. The molecule has 0 aliphatic carbocycles. The predicted octanol–water partition coefficient (Wildman–Crippen LogP) is 5.64. The number of hydrogen-bond donors (Lipinski definition) is 1. The van der Waals surface area contributed by atoms with Gasteiger partial charge >= 0.3 is 0 Å². The fourth-order valence-electron chi connectivity index (χ4n) is 2.60. The lowest BCUT2D eigenvalue weighted by Crippen LogP contribution is -2.03. The van der Waals surface area contributed by atoms with Crippen LogP contribution < -0.4 is 10.5 Å². The van der Waals surface area contributed by atoms with E-state index in [9.17, 15) is 0 Å². The number of anilines is 1. The smallest absolute Gasteiger partial charge is 0.213 e. The van der Waals surface area contributed by atoms with E-state index in [1.54, 1.807) is 30.5 Å². The zero-order valence-corrected chi connectivity index (χ0v) is 16.2. The van der Waals surface area contributed by atoms with Gasteiger partial charge in [-0.3, -0.25) is 0 Å². The van der Waals surface area contributed by atoms with Crippen LogP contribution in [0.4, 0.5) is 5.69 Å². The summed E-state index contributed by atoms with van der Waals surface area (Å²) in [6, 6.07) is 7.11. The first-order chi connectivity index (χ1) is 12.4. The summed E-state index contributed by atoms with van der Waals surface area (Å²) in [5, 5.41) is 5.22. The number of pyridine rings is 1. The highest BCUT2D eigenvalue weighted by atomic mass is 35.5. The SMILES string of the molecule is Cc1cc(OCc2c(-c3c(Cl)cccc3Cl)noc2C(C)C)ncc1N. The van der Waals surface area contributed by atoms with Gasteiger partial charge in [0.2, 0.25) is 5.88 Å². The number of hydrogen-bond acceptors (Lipinski definition) is 5. The van der Waals surface area contributed by atoms with Crippen LogP contribution in [0, 0.1) is 6.92 Å². The van der Waals surface area contributed by atoms with Gasteiger partial charge in [-0.15, -0.1) is 0 Å². The van der Waals surface area contributed by atoms with Crippen LogP contribution in [0.5, 0.6) is 5.88 Å². The summed E-state index contributed by atoms with van der Waals surface area (Å²) >= 11 is 12.7. The number of nitrogen functional groups attached to an aromatic ring is 1. The Morgan fingerprint density at radius 1 is 1.23 bits per heavy atom. The fourth-order valence-corrected chi connectivity index (χ4v) is 3.18. The minimum Gasteiger partial charge on any atom is -0.473 e. The number of halogens is 2. The van der Waals surface area contributed by atoms with E-state index >= 15 is 0 Å². The van der Waals surface area contributed by atoms with Gasteiger partial charge in [-0.2, -0.15) is 0 Å². The lowest BCUT2D eigenvalue weighted by molar-refractivity contribution is 0.287. The number of aryl methyl sites for hydroxylation is 1. The Hall–Kier alpha value is -2.24. The molecule has 7 heteroatoms. The molecule has 0 saturated carbocycles. The Kier molecular flexibility index (Phi) is 5.39. The molecule has 1 aromatic carbocycles. The molecule has 2 N–H and O–H groups in total. The largest absolute Gasteiger partial charge is 0.473 e. The van der Waals surface area contributed by atoms with E-state index in [1.807, 2.05) is 20.8 Å². The predicted molar refractivity (Wildman–Crippen MR) is 104 cm³/mol. The number of nitrogens with zero attached hydrogens (tertiary/aromatic N) is 2. The van der Waals surface area contributed by atoms with Crippen molar-refractivity contribution in [3.63, 3.8) is 0 Å². The highest BCUT2D eigenvalue weighted by Crippen LogP contribution is 2.38. The molecule has 0 aliphatic rings. The molecule has 3 rings (SSSR count). The molecule has 0 radical (unpaired) electrons. The average molecular weight is 392 g/mol. The van der Waals surface area contributed by atoms with Crippen LogP contribution in [-0.4, -0.2) is 10.1 Å². The average Bonchev–Trinajstić information content (AvgIpc) is 3.00. The first kappa shape index (κ1) is 18.5. The molecule has 2 aromatic heterocycles. The quantitative estimate of drug-likeness (QED) is 0.609. The Bertz CT molecular complexity index is 918. The molecule has 3 aromatic rings. The molecule has 0 bridgehead atoms. The molecular formula is C19H19Cl2N3O2. The standard InChI is InChI=1S/C19H19Cl2N3O2/c1-10(2)19-12(9-25-16-7-11(3)15(22)8-23-16)18(24-26-19)17-13(20)5-4-6-14(17)21/h4-8,10H,9,22H2,1-3H3. The van der Waals surface area contributed by atoms with Gasteiger partial charge in [0.15, 0.2) is 0 Å². The maximum Gasteiger partial charge on any atom is 0.213 e. The van der Waals surface area contributed by atoms with E-state index in [0.29, 0.717) is 32.9 Å². The van der Waals surface area contributed by atoms with Crippen molar-refractivity contribution in [3.05, 3.63) is 57.4 Å². The molecule has 5 nitrogen and oxygen atoms in total. The van der Waals surface area contributed by atoms with Gasteiger partial charge in [0, 0.05) is 17.5 Å². The van der Waals surface area contributed by atoms with E-state index in [2.05, 4.69) is 10.1 Å². The lowest BCUT2D eigenvalue weighted by Gasteiger charge is -2.11. The summed E-state index contributed by atoms with van der Waals surface area (Å²) in [7, 11) is 0. The lowest BCUT2D eigenvalue weighted by atomic mass is 10.0. The summed E-state index contributed by atoms with van der Waals surface area (Å²) < 4.78 is 11.4. The number of benzene rings is 1. The Morgan fingerprint density at radius 2 is 1.92 bits per heavy atom. The highest BCUT2D eigenvalue weighted by molar-refractivity contribution is 6.39. The van der Waals surface area contributed by atoms with E-state index in [0.717, 1.165) is 16.9 Å². The van der Waals surface area contributed by atoms with Gasteiger partial charge in [-0.25, -0.2) is 4.98 Å². The van der Waals surface area contributed by atoms with Gasteiger partial charge in [0.25, 0.3) is 0 Å². The van der Waals surface area contributed by atoms with Crippen molar-refractivity contribution in [2.24, 2.45) is 0 Å². The van der Waals surface area contributed by atoms with Crippen LogP contribution in [-0.2, 0) is 6.61 Å². The van der Waals surface area contributed by atoms with Crippen molar-refractivity contribution in [2.75, 3.05) is 5.73 Å². The van der Waals surface area contributed by atoms with E-state index in [-0.39, 0.29) is 12.5 Å². The van der Waals surface area contributed by atoms with Gasteiger partial charge in [-0.1, -0.05) is 48.3 Å². The number of ether oxygens (including phenoxy) is 1. The molecule has 0 amide bonds.